The summed E-state index contributed by atoms with van der Waals surface area (Å²) in [6, 6.07) is 15.3. The van der Waals surface area contributed by atoms with Gasteiger partial charge in [0.25, 0.3) is 5.91 Å². The van der Waals surface area contributed by atoms with Crippen molar-refractivity contribution in [2.24, 2.45) is 0 Å². The first-order chi connectivity index (χ1) is 11.8. The second-order valence-corrected chi connectivity index (χ2v) is 5.65. The number of pyridine rings is 1. The highest BCUT2D eigenvalue weighted by molar-refractivity contribution is 5.94. The summed E-state index contributed by atoms with van der Waals surface area (Å²) >= 11 is 0. The number of furan rings is 1. The second-order valence-electron chi connectivity index (χ2n) is 5.65. The lowest BCUT2D eigenvalue weighted by Crippen LogP contribution is -2.30. The molecule has 0 aliphatic rings. The van der Waals surface area contributed by atoms with Crippen LogP contribution in [0.3, 0.4) is 0 Å². The largest absolute Gasteiger partial charge is 0.467 e. The minimum atomic E-state index is -0.0158. The number of carbonyl (C=O) groups excluding carboxylic acids is 1. The van der Waals surface area contributed by atoms with Crippen molar-refractivity contribution in [3.05, 3.63) is 89.6 Å². The summed E-state index contributed by atoms with van der Waals surface area (Å²) < 4.78 is 5.41. The van der Waals surface area contributed by atoms with Crippen LogP contribution in [-0.4, -0.2) is 15.8 Å². The molecule has 1 aromatic carbocycles. The van der Waals surface area contributed by atoms with Crippen LogP contribution in [0.2, 0.25) is 0 Å². The van der Waals surface area contributed by atoms with Crippen LogP contribution >= 0.6 is 0 Å². The fraction of sp³-hybridized carbons (Fsp3) is 0.200. The van der Waals surface area contributed by atoms with Crippen LogP contribution in [0.4, 0.5) is 0 Å². The summed E-state index contributed by atoms with van der Waals surface area (Å²) in [7, 11) is 0. The van der Waals surface area contributed by atoms with Crippen molar-refractivity contribution in [1.82, 2.24) is 9.88 Å². The summed E-state index contributed by atoms with van der Waals surface area (Å²) in [5.74, 6) is 0.746. The van der Waals surface area contributed by atoms with Gasteiger partial charge in [-0.25, -0.2) is 0 Å². The van der Waals surface area contributed by atoms with Gasteiger partial charge in [-0.15, -0.1) is 0 Å². The molecule has 122 valence electrons. The van der Waals surface area contributed by atoms with Crippen LogP contribution in [0.1, 0.15) is 34.2 Å². The van der Waals surface area contributed by atoms with E-state index >= 15 is 0 Å². The van der Waals surface area contributed by atoms with E-state index in [0.717, 1.165) is 17.7 Å². The van der Waals surface area contributed by atoms with Crippen LogP contribution < -0.4 is 0 Å². The molecule has 0 saturated carbocycles. The van der Waals surface area contributed by atoms with Crippen molar-refractivity contribution in [3.63, 3.8) is 0 Å². The number of nitrogens with zero attached hydrogens (tertiary/aromatic N) is 2. The number of amides is 1. The van der Waals surface area contributed by atoms with Gasteiger partial charge < -0.3 is 9.32 Å². The van der Waals surface area contributed by atoms with Gasteiger partial charge in [-0.3, -0.25) is 9.78 Å². The van der Waals surface area contributed by atoms with Crippen molar-refractivity contribution in [2.75, 3.05) is 0 Å². The Morgan fingerprint density at radius 1 is 1.04 bits per heavy atom. The zero-order valence-electron chi connectivity index (χ0n) is 13.7. The number of carbonyl (C=O) groups is 1. The smallest absolute Gasteiger partial charge is 0.254 e. The Kier molecular flexibility index (Phi) is 5.06. The van der Waals surface area contributed by atoms with E-state index in [0.29, 0.717) is 18.7 Å². The van der Waals surface area contributed by atoms with Crippen LogP contribution in [0.25, 0.3) is 0 Å². The van der Waals surface area contributed by atoms with E-state index in [1.54, 1.807) is 23.6 Å². The third-order valence-electron chi connectivity index (χ3n) is 3.92. The quantitative estimate of drug-likeness (QED) is 0.687. The van der Waals surface area contributed by atoms with E-state index in [1.807, 2.05) is 48.5 Å². The van der Waals surface area contributed by atoms with Gasteiger partial charge in [0.1, 0.15) is 5.76 Å². The molecule has 0 aliphatic carbocycles. The normalized spacial score (nSPS) is 10.5. The number of hydrogen-bond donors (Lipinski definition) is 0. The molecule has 24 heavy (non-hydrogen) atoms. The van der Waals surface area contributed by atoms with Crippen molar-refractivity contribution in [3.8, 4) is 0 Å². The topological polar surface area (TPSA) is 46.3 Å². The van der Waals surface area contributed by atoms with E-state index < -0.39 is 0 Å². The van der Waals surface area contributed by atoms with Gasteiger partial charge in [-0.1, -0.05) is 25.1 Å². The average molecular weight is 320 g/mol. The second kappa shape index (κ2) is 7.59. The lowest BCUT2D eigenvalue weighted by Gasteiger charge is -2.22. The molecule has 4 heteroatoms. The van der Waals surface area contributed by atoms with Gasteiger partial charge in [0.15, 0.2) is 0 Å². The first-order valence-corrected chi connectivity index (χ1v) is 8.05. The molecule has 0 saturated heterocycles. The molecule has 0 radical (unpaired) electrons. The van der Waals surface area contributed by atoms with Crippen molar-refractivity contribution >= 4 is 5.91 Å². The Labute approximate surface area is 141 Å². The molecule has 3 rings (SSSR count). The van der Waals surface area contributed by atoms with Crippen LogP contribution in [-0.2, 0) is 19.5 Å². The lowest BCUT2D eigenvalue weighted by atomic mass is 10.1. The molecule has 0 fully saturated rings. The summed E-state index contributed by atoms with van der Waals surface area (Å²) in [6.07, 6.45) is 6.09. The van der Waals surface area contributed by atoms with E-state index in [2.05, 4.69) is 11.9 Å². The Hall–Kier alpha value is -2.88. The third kappa shape index (κ3) is 3.90. The summed E-state index contributed by atoms with van der Waals surface area (Å²) in [4.78, 5) is 18.8. The minimum Gasteiger partial charge on any atom is -0.467 e. The van der Waals surface area contributed by atoms with Crippen molar-refractivity contribution < 1.29 is 9.21 Å². The lowest BCUT2D eigenvalue weighted by molar-refractivity contribution is 0.0717. The van der Waals surface area contributed by atoms with Gasteiger partial charge in [-0.2, -0.15) is 0 Å². The standard InChI is InChI=1S/C20H20N2O2/c1-2-16-7-9-18(10-8-16)20(23)22(15-19-6-4-12-24-19)14-17-5-3-11-21-13-17/h3-13H,2,14-15H2,1H3. The molecular weight excluding hydrogens is 300 g/mol. The fourth-order valence-electron chi connectivity index (χ4n) is 2.57. The van der Waals surface area contributed by atoms with Crippen LogP contribution in [0, 0.1) is 0 Å². The van der Waals surface area contributed by atoms with Gasteiger partial charge in [0, 0.05) is 24.5 Å². The Morgan fingerprint density at radius 2 is 1.88 bits per heavy atom. The molecule has 0 unspecified atom stereocenters. The zero-order valence-corrected chi connectivity index (χ0v) is 13.7. The number of rotatable bonds is 6. The molecule has 2 aromatic heterocycles. The number of hydrogen-bond acceptors (Lipinski definition) is 3. The Morgan fingerprint density at radius 3 is 2.50 bits per heavy atom. The first-order valence-electron chi connectivity index (χ1n) is 8.05. The third-order valence-corrected chi connectivity index (χ3v) is 3.92. The highest BCUT2D eigenvalue weighted by Gasteiger charge is 2.18. The molecule has 0 spiro atoms. The highest BCUT2D eigenvalue weighted by Crippen LogP contribution is 2.15. The van der Waals surface area contributed by atoms with Gasteiger partial charge in [-0.05, 0) is 47.9 Å². The van der Waals surface area contributed by atoms with Gasteiger partial charge in [0.05, 0.1) is 12.8 Å². The van der Waals surface area contributed by atoms with Crippen LogP contribution in [0.15, 0.2) is 71.6 Å². The van der Waals surface area contributed by atoms with E-state index in [1.165, 1.54) is 5.56 Å². The molecule has 0 N–H and O–H groups in total. The molecule has 2 heterocycles. The number of aryl methyl sites for hydroxylation is 1. The summed E-state index contributed by atoms with van der Waals surface area (Å²) in [6.45, 7) is 3.02. The zero-order chi connectivity index (χ0) is 16.8. The Bertz CT molecular complexity index is 765. The van der Waals surface area contributed by atoms with Crippen molar-refractivity contribution in [1.29, 1.82) is 0 Å². The molecule has 0 bridgehead atoms. The maximum Gasteiger partial charge on any atom is 0.254 e. The Balaban J connectivity index is 1.83. The fourth-order valence-corrected chi connectivity index (χ4v) is 2.57. The van der Waals surface area contributed by atoms with Gasteiger partial charge >= 0.3 is 0 Å². The highest BCUT2D eigenvalue weighted by atomic mass is 16.3. The predicted molar refractivity (Wildman–Crippen MR) is 92.3 cm³/mol. The molecule has 4 nitrogen and oxygen atoms in total. The first kappa shape index (κ1) is 16.0. The van der Waals surface area contributed by atoms with E-state index in [9.17, 15) is 4.79 Å². The maximum absolute atomic E-state index is 12.9. The van der Waals surface area contributed by atoms with E-state index in [-0.39, 0.29) is 5.91 Å². The van der Waals surface area contributed by atoms with Crippen LogP contribution in [0.5, 0.6) is 0 Å². The van der Waals surface area contributed by atoms with E-state index in [4.69, 9.17) is 4.42 Å². The van der Waals surface area contributed by atoms with Crippen molar-refractivity contribution in [2.45, 2.75) is 26.4 Å². The maximum atomic E-state index is 12.9. The SMILES string of the molecule is CCc1ccc(C(=O)N(Cc2cccnc2)Cc2ccco2)cc1. The molecule has 0 aliphatic heterocycles. The predicted octanol–water partition coefficient (Wildman–Crippen LogP) is 4.08. The summed E-state index contributed by atoms with van der Waals surface area (Å²) in [5.41, 5.74) is 2.89. The monoisotopic (exact) mass is 320 g/mol. The average Bonchev–Trinajstić information content (AvgIpc) is 3.15. The summed E-state index contributed by atoms with van der Waals surface area (Å²) in [5, 5.41) is 0. The van der Waals surface area contributed by atoms with Gasteiger partial charge in [0.2, 0.25) is 0 Å². The molecule has 3 aromatic rings. The number of aromatic nitrogens is 1. The molecule has 1 amide bonds. The minimum absolute atomic E-state index is 0.0158. The number of benzene rings is 1. The molecular formula is C20H20N2O2. The molecule has 0 atom stereocenters.